The molecule has 16 heavy (non-hydrogen) atoms. The molecule has 5 nitrogen and oxygen atoms in total. The lowest BCUT2D eigenvalue weighted by atomic mass is 9.95. The third-order valence-corrected chi connectivity index (χ3v) is 2.93. The van der Waals surface area contributed by atoms with E-state index in [0.717, 1.165) is 5.56 Å². The monoisotopic (exact) mass is 220 g/mol. The van der Waals surface area contributed by atoms with Gasteiger partial charge in [-0.3, -0.25) is 14.6 Å². The number of nitrogens with zero attached hydrogens (tertiary/aromatic N) is 2. The summed E-state index contributed by atoms with van der Waals surface area (Å²) in [5.41, 5.74) is 0.767. The fraction of sp³-hybridized carbons (Fsp3) is 0.364. The molecule has 2 rings (SSSR count). The van der Waals surface area contributed by atoms with Gasteiger partial charge in [0.25, 0.3) is 0 Å². The molecule has 1 aliphatic rings. The zero-order valence-corrected chi connectivity index (χ0v) is 8.83. The van der Waals surface area contributed by atoms with Crippen LogP contribution in [0.15, 0.2) is 24.5 Å². The van der Waals surface area contributed by atoms with Crippen LogP contribution < -0.4 is 0 Å². The van der Waals surface area contributed by atoms with Gasteiger partial charge in [0.1, 0.15) is 0 Å². The van der Waals surface area contributed by atoms with Crippen LogP contribution in [0, 0.1) is 5.92 Å². The van der Waals surface area contributed by atoms with Crippen LogP contribution in [-0.4, -0.2) is 33.9 Å². The number of aromatic nitrogens is 1. The lowest BCUT2D eigenvalue weighted by Gasteiger charge is -2.22. The largest absolute Gasteiger partial charge is 0.481 e. The van der Waals surface area contributed by atoms with Crippen LogP contribution in [0.4, 0.5) is 0 Å². The zero-order valence-electron chi connectivity index (χ0n) is 8.83. The second kappa shape index (κ2) is 3.92. The molecule has 1 amide bonds. The van der Waals surface area contributed by atoms with Crippen molar-refractivity contribution in [1.82, 2.24) is 9.88 Å². The van der Waals surface area contributed by atoms with Crippen LogP contribution in [0.1, 0.15) is 18.0 Å². The first kappa shape index (κ1) is 10.6. The third-order valence-electron chi connectivity index (χ3n) is 2.93. The van der Waals surface area contributed by atoms with Crippen molar-refractivity contribution >= 4 is 11.9 Å². The number of hydrogen-bond acceptors (Lipinski definition) is 3. The number of likely N-dealkylation sites (tertiary alicyclic amines) is 1. The van der Waals surface area contributed by atoms with E-state index < -0.39 is 17.9 Å². The van der Waals surface area contributed by atoms with Crippen LogP contribution in [0.3, 0.4) is 0 Å². The van der Waals surface area contributed by atoms with E-state index in [1.807, 2.05) is 0 Å². The number of hydrogen-bond donors (Lipinski definition) is 1. The number of carboxylic acid groups (broad SMARTS) is 1. The Morgan fingerprint density at radius 2 is 2.38 bits per heavy atom. The van der Waals surface area contributed by atoms with Crippen molar-refractivity contribution in [2.75, 3.05) is 7.05 Å². The van der Waals surface area contributed by atoms with Gasteiger partial charge in [-0.15, -0.1) is 0 Å². The van der Waals surface area contributed by atoms with Gasteiger partial charge in [-0.05, 0) is 11.6 Å². The SMILES string of the molecule is CN1C(=O)CC(C(=O)O)[C@H]1c1cccnc1. The van der Waals surface area contributed by atoms with Crippen molar-refractivity contribution in [3.8, 4) is 0 Å². The number of carbonyl (C=O) groups excluding carboxylic acids is 1. The molecule has 1 aromatic heterocycles. The smallest absolute Gasteiger partial charge is 0.309 e. The number of carboxylic acids is 1. The number of rotatable bonds is 2. The average molecular weight is 220 g/mol. The van der Waals surface area contributed by atoms with Gasteiger partial charge in [-0.2, -0.15) is 0 Å². The molecule has 1 fully saturated rings. The quantitative estimate of drug-likeness (QED) is 0.795. The highest BCUT2D eigenvalue weighted by molar-refractivity contribution is 5.87. The van der Waals surface area contributed by atoms with E-state index in [9.17, 15) is 9.59 Å². The van der Waals surface area contributed by atoms with Gasteiger partial charge in [0.15, 0.2) is 0 Å². The maximum Gasteiger partial charge on any atom is 0.309 e. The van der Waals surface area contributed by atoms with Gasteiger partial charge >= 0.3 is 5.97 Å². The fourth-order valence-corrected chi connectivity index (χ4v) is 2.10. The Bertz CT molecular complexity index is 418. The molecule has 1 unspecified atom stereocenters. The Labute approximate surface area is 92.7 Å². The average Bonchev–Trinajstić information content (AvgIpc) is 2.57. The van der Waals surface area contributed by atoms with Crippen LogP contribution in [0.25, 0.3) is 0 Å². The van der Waals surface area contributed by atoms with Crippen LogP contribution in [-0.2, 0) is 9.59 Å². The second-order valence-electron chi connectivity index (χ2n) is 3.88. The number of aliphatic carboxylic acids is 1. The van der Waals surface area contributed by atoms with Crippen molar-refractivity contribution in [2.45, 2.75) is 12.5 Å². The summed E-state index contributed by atoms with van der Waals surface area (Å²) in [4.78, 5) is 28.0. The van der Waals surface area contributed by atoms with Crippen LogP contribution in [0.2, 0.25) is 0 Å². The molecule has 84 valence electrons. The lowest BCUT2D eigenvalue weighted by Crippen LogP contribution is -2.26. The van der Waals surface area contributed by atoms with E-state index in [1.54, 1.807) is 31.6 Å². The molecular formula is C11H12N2O3. The van der Waals surface area contributed by atoms with E-state index in [1.165, 1.54) is 4.90 Å². The molecule has 5 heteroatoms. The van der Waals surface area contributed by atoms with Gasteiger partial charge in [-0.25, -0.2) is 0 Å². The number of carbonyl (C=O) groups is 2. The molecule has 2 heterocycles. The molecule has 0 aliphatic carbocycles. The molecule has 1 N–H and O–H groups in total. The van der Waals surface area contributed by atoms with E-state index in [4.69, 9.17) is 5.11 Å². The first-order valence-corrected chi connectivity index (χ1v) is 4.99. The Hall–Kier alpha value is -1.91. The molecule has 0 radical (unpaired) electrons. The molecular weight excluding hydrogens is 208 g/mol. The minimum absolute atomic E-state index is 0.0609. The molecule has 1 saturated heterocycles. The fourth-order valence-electron chi connectivity index (χ4n) is 2.10. The molecule has 0 bridgehead atoms. The van der Waals surface area contributed by atoms with E-state index >= 15 is 0 Å². The summed E-state index contributed by atoms with van der Waals surface area (Å²) >= 11 is 0. The van der Waals surface area contributed by atoms with E-state index in [2.05, 4.69) is 4.98 Å². The lowest BCUT2D eigenvalue weighted by molar-refractivity contribution is -0.142. The molecule has 0 aromatic carbocycles. The zero-order chi connectivity index (χ0) is 11.7. The summed E-state index contributed by atoms with van der Waals surface area (Å²) < 4.78 is 0. The van der Waals surface area contributed by atoms with Crippen LogP contribution in [0.5, 0.6) is 0 Å². The number of amides is 1. The Morgan fingerprint density at radius 1 is 1.62 bits per heavy atom. The summed E-state index contributed by atoms with van der Waals surface area (Å²) in [6, 6.07) is 3.13. The number of pyridine rings is 1. The maximum absolute atomic E-state index is 11.5. The minimum Gasteiger partial charge on any atom is -0.481 e. The third kappa shape index (κ3) is 1.64. The van der Waals surface area contributed by atoms with Crippen molar-refractivity contribution in [3.63, 3.8) is 0 Å². The first-order chi connectivity index (χ1) is 7.61. The van der Waals surface area contributed by atoms with Gasteiger partial charge in [0.05, 0.1) is 12.0 Å². The van der Waals surface area contributed by atoms with Crippen molar-refractivity contribution in [3.05, 3.63) is 30.1 Å². The molecule has 0 spiro atoms. The maximum atomic E-state index is 11.5. The summed E-state index contributed by atoms with van der Waals surface area (Å²) in [5, 5.41) is 9.08. The van der Waals surface area contributed by atoms with Crippen molar-refractivity contribution in [2.24, 2.45) is 5.92 Å². The van der Waals surface area contributed by atoms with E-state index in [-0.39, 0.29) is 12.3 Å². The minimum atomic E-state index is -0.938. The highest BCUT2D eigenvalue weighted by atomic mass is 16.4. The summed E-state index contributed by atoms with van der Waals surface area (Å²) in [6.07, 6.45) is 3.29. The normalized spacial score (nSPS) is 24.8. The topological polar surface area (TPSA) is 70.5 Å². The van der Waals surface area contributed by atoms with Gasteiger partial charge in [0.2, 0.25) is 5.91 Å². The molecule has 0 saturated carbocycles. The van der Waals surface area contributed by atoms with Crippen molar-refractivity contribution in [1.29, 1.82) is 0 Å². The van der Waals surface area contributed by atoms with Gasteiger partial charge < -0.3 is 10.0 Å². The van der Waals surface area contributed by atoms with E-state index in [0.29, 0.717) is 0 Å². The Morgan fingerprint density at radius 3 is 2.94 bits per heavy atom. The molecule has 1 aliphatic heterocycles. The van der Waals surface area contributed by atoms with Gasteiger partial charge in [-0.1, -0.05) is 6.07 Å². The summed E-state index contributed by atoms with van der Waals surface area (Å²) in [7, 11) is 1.63. The second-order valence-corrected chi connectivity index (χ2v) is 3.88. The Balaban J connectivity index is 2.37. The first-order valence-electron chi connectivity index (χ1n) is 4.99. The standard InChI is InChI=1S/C11H12N2O3/c1-13-9(14)5-8(11(15)16)10(13)7-3-2-4-12-6-7/h2-4,6,8,10H,5H2,1H3,(H,15,16)/t8?,10-/m1/s1. The molecule has 1 aromatic rings. The van der Waals surface area contributed by atoms with Crippen molar-refractivity contribution < 1.29 is 14.7 Å². The molecule has 2 atom stereocenters. The summed E-state index contributed by atoms with van der Waals surface area (Å²) in [5.74, 6) is -1.76. The Kier molecular flexibility index (Phi) is 2.60. The van der Waals surface area contributed by atoms with Gasteiger partial charge in [0, 0.05) is 25.9 Å². The van der Waals surface area contributed by atoms with Crippen LogP contribution >= 0.6 is 0 Å². The predicted molar refractivity (Wildman–Crippen MR) is 55.5 cm³/mol. The summed E-state index contributed by atoms with van der Waals surface area (Å²) in [6.45, 7) is 0. The highest BCUT2D eigenvalue weighted by Gasteiger charge is 2.42. The highest BCUT2D eigenvalue weighted by Crippen LogP contribution is 2.36. The predicted octanol–water partition coefficient (Wildman–Crippen LogP) is 0.686.